The van der Waals surface area contributed by atoms with Crippen molar-refractivity contribution in [3.05, 3.63) is 53.3 Å². The number of rotatable bonds is 3. The molecule has 1 atom stereocenters. The van der Waals surface area contributed by atoms with Gasteiger partial charge in [-0.05, 0) is 30.9 Å². The Kier molecular flexibility index (Phi) is 3.54. The molecule has 24 heavy (non-hydrogen) atoms. The maximum atomic E-state index is 6.41. The summed E-state index contributed by atoms with van der Waals surface area (Å²) in [5, 5.41) is 5.92. The zero-order valence-corrected chi connectivity index (χ0v) is 14.0. The summed E-state index contributed by atoms with van der Waals surface area (Å²) in [6, 6.07) is 8.07. The van der Waals surface area contributed by atoms with E-state index in [2.05, 4.69) is 36.3 Å². The van der Waals surface area contributed by atoms with Gasteiger partial charge in [-0.2, -0.15) is 0 Å². The van der Waals surface area contributed by atoms with Crippen molar-refractivity contribution < 1.29 is 0 Å². The number of aromatic amines is 1. The molecule has 0 fully saturated rings. The molecule has 0 unspecified atom stereocenters. The number of hydrogen-bond acceptors (Lipinski definition) is 5. The van der Waals surface area contributed by atoms with E-state index in [4.69, 9.17) is 11.6 Å². The molecule has 0 saturated carbocycles. The van der Waals surface area contributed by atoms with Gasteiger partial charge in [-0.15, -0.1) is 0 Å². The van der Waals surface area contributed by atoms with Gasteiger partial charge in [0.1, 0.15) is 17.0 Å². The summed E-state index contributed by atoms with van der Waals surface area (Å²) in [7, 11) is 0. The van der Waals surface area contributed by atoms with Gasteiger partial charge in [0.2, 0.25) is 0 Å². The molecule has 1 aromatic carbocycles. The van der Waals surface area contributed by atoms with E-state index in [9.17, 15) is 0 Å². The average Bonchev–Trinajstić information content (AvgIpc) is 3.04. The van der Waals surface area contributed by atoms with Crippen LogP contribution in [0.25, 0.3) is 21.9 Å². The number of H-pyrrole nitrogens is 1. The summed E-state index contributed by atoms with van der Waals surface area (Å²) < 4.78 is 0. The third-order valence-corrected chi connectivity index (χ3v) is 4.33. The molecule has 4 aromatic rings. The molecular formula is C17H15ClN6. The SMILES string of the molecule is Cc1cccc2cc([C@H](C)Nc3ncnc4[nH]cnc34)nc(Cl)c12. The van der Waals surface area contributed by atoms with Crippen molar-refractivity contribution in [1.29, 1.82) is 0 Å². The van der Waals surface area contributed by atoms with Crippen LogP contribution in [-0.4, -0.2) is 24.9 Å². The number of aryl methyl sites for hydroxylation is 1. The topological polar surface area (TPSA) is 79.4 Å². The Morgan fingerprint density at radius 3 is 2.96 bits per heavy atom. The number of benzene rings is 1. The summed E-state index contributed by atoms with van der Waals surface area (Å²) in [4.78, 5) is 20.2. The molecule has 0 radical (unpaired) electrons. The van der Waals surface area contributed by atoms with E-state index in [1.165, 1.54) is 6.33 Å². The van der Waals surface area contributed by atoms with E-state index >= 15 is 0 Å². The molecule has 0 aliphatic carbocycles. The van der Waals surface area contributed by atoms with Gasteiger partial charge in [0.05, 0.1) is 18.1 Å². The Bertz CT molecular complexity index is 1040. The molecular weight excluding hydrogens is 324 g/mol. The highest BCUT2D eigenvalue weighted by molar-refractivity contribution is 6.34. The Balaban J connectivity index is 1.73. The van der Waals surface area contributed by atoms with E-state index in [-0.39, 0.29) is 6.04 Å². The standard InChI is InChI=1S/C17H15ClN6/c1-9-4-3-5-11-6-12(24-15(18)13(9)11)10(2)23-17-14-16(20-7-19-14)21-8-22-17/h3-8,10H,1-2H3,(H2,19,20,21,22,23)/t10-/m0/s1. The van der Waals surface area contributed by atoms with Gasteiger partial charge in [-0.25, -0.2) is 19.9 Å². The molecule has 0 amide bonds. The van der Waals surface area contributed by atoms with Crippen LogP contribution < -0.4 is 5.32 Å². The summed E-state index contributed by atoms with van der Waals surface area (Å²) >= 11 is 6.41. The van der Waals surface area contributed by atoms with E-state index in [0.717, 1.165) is 22.0 Å². The maximum Gasteiger partial charge on any atom is 0.162 e. The first kappa shape index (κ1) is 14.8. The molecule has 0 aliphatic heterocycles. The average molecular weight is 339 g/mol. The second-order valence-corrected chi connectivity index (χ2v) is 6.06. The zero-order valence-electron chi connectivity index (χ0n) is 13.2. The summed E-state index contributed by atoms with van der Waals surface area (Å²) in [6.07, 6.45) is 3.10. The molecule has 120 valence electrons. The Morgan fingerprint density at radius 2 is 2.08 bits per heavy atom. The van der Waals surface area contributed by atoms with Crippen molar-refractivity contribution in [1.82, 2.24) is 24.9 Å². The van der Waals surface area contributed by atoms with Gasteiger partial charge in [-0.3, -0.25) is 0 Å². The van der Waals surface area contributed by atoms with Crippen molar-refractivity contribution in [2.45, 2.75) is 19.9 Å². The Hall–Kier alpha value is -2.73. The number of hydrogen-bond donors (Lipinski definition) is 2. The zero-order chi connectivity index (χ0) is 16.7. The van der Waals surface area contributed by atoms with Crippen LogP contribution in [0.3, 0.4) is 0 Å². The second-order valence-electron chi connectivity index (χ2n) is 5.70. The second kappa shape index (κ2) is 5.72. The minimum absolute atomic E-state index is 0.0813. The predicted molar refractivity (Wildman–Crippen MR) is 95.2 cm³/mol. The normalized spacial score (nSPS) is 12.6. The number of pyridine rings is 1. The summed E-state index contributed by atoms with van der Waals surface area (Å²) in [5.41, 5.74) is 3.36. The molecule has 0 aliphatic rings. The summed E-state index contributed by atoms with van der Waals surface area (Å²) in [6.45, 7) is 4.05. The van der Waals surface area contributed by atoms with Crippen LogP contribution in [0.4, 0.5) is 5.82 Å². The number of halogens is 1. The quantitative estimate of drug-likeness (QED) is 0.551. The first-order valence-corrected chi connectivity index (χ1v) is 7.97. The van der Waals surface area contributed by atoms with Crippen LogP contribution in [-0.2, 0) is 0 Å². The van der Waals surface area contributed by atoms with E-state index < -0.39 is 0 Å². The lowest BCUT2D eigenvalue weighted by molar-refractivity contribution is 0.836. The van der Waals surface area contributed by atoms with Crippen LogP contribution in [0.1, 0.15) is 24.2 Å². The Morgan fingerprint density at radius 1 is 1.21 bits per heavy atom. The molecule has 2 N–H and O–H groups in total. The van der Waals surface area contributed by atoms with Crippen LogP contribution in [0.15, 0.2) is 36.9 Å². The minimum Gasteiger partial charge on any atom is -0.360 e. The van der Waals surface area contributed by atoms with E-state index in [1.807, 2.05) is 32.0 Å². The number of nitrogens with one attached hydrogen (secondary N) is 2. The predicted octanol–water partition coefficient (Wildman–Crippen LogP) is 4.04. The highest BCUT2D eigenvalue weighted by Gasteiger charge is 2.14. The van der Waals surface area contributed by atoms with Gasteiger partial charge < -0.3 is 10.3 Å². The molecule has 7 heteroatoms. The first-order valence-electron chi connectivity index (χ1n) is 7.60. The lowest BCUT2D eigenvalue weighted by Gasteiger charge is -2.16. The molecule has 3 aromatic heterocycles. The van der Waals surface area contributed by atoms with Crippen LogP contribution >= 0.6 is 11.6 Å². The number of nitrogens with zero attached hydrogens (tertiary/aromatic N) is 4. The van der Waals surface area contributed by atoms with Crippen molar-refractivity contribution in [3.8, 4) is 0 Å². The third-order valence-electron chi connectivity index (χ3n) is 4.06. The maximum absolute atomic E-state index is 6.41. The largest absolute Gasteiger partial charge is 0.360 e. The summed E-state index contributed by atoms with van der Waals surface area (Å²) in [5.74, 6) is 0.663. The highest BCUT2D eigenvalue weighted by Crippen LogP contribution is 2.29. The van der Waals surface area contributed by atoms with Crippen LogP contribution in [0, 0.1) is 6.92 Å². The van der Waals surface area contributed by atoms with Crippen molar-refractivity contribution >= 4 is 39.4 Å². The molecule has 0 bridgehead atoms. The molecule has 3 heterocycles. The number of imidazole rings is 1. The van der Waals surface area contributed by atoms with E-state index in [1.54, 1.807) is 6.33 Å². The highest BCUT2D eigenvalue weighted by atomic mass is 35.5. The minimum atomic E-state index is -0.0813. The van der Waals surface area contributed by atoms with Gasteiger partial charge >= 0.3 is 0 Å². The lowest BCUT2D eigenvalue weighted by Crippen LogP contribution is -2.10. The number of fused-ring (bicyclic) bond motifs is 2. The van der Waals surface area contributed by atoms with Crippen molar-refractivity contribution in [3.63, 3.8) is 0 Å². The Labute approximate surface area is 143 Å². The van der Waals surface area contributed by atoms with Crippen LogP contribution in [0.5, 0.6) is 0 Å². The monoisotopic (exact) mass is 338 g/mol. The molecule has 0 saturated heterocycles. The van der Waals surface area contributed by atoms with Gasteiger partial charge in [0.15, 0.2) is 11.5 Å². The fourth-order valence-corrected chi connectivity index (χ4v) is 3.18. The lowest BCUT2D eigenvalue weighted by atomic mass is 10.1. The van der Waals surface area contributed by atoms with Gasteiger partial charge in [0, 0.05) is 5.39 Å². The first-order chi connectivity index (χ1) is 11.6. The fourth-order valence-electron chi connectivity index (χ4n) is 2.82. The van der Waals surface area contributed by atoms with E-state index in [0.29, 0.717) is 22.1 Å². The number of anilines is 1. The number of aromatic nitrogens is 5. The van der Waals surface area contributed by atoms with Gasteiger partial charge in [0.25, 0.3) is 0 Å². The smallest absolute Gasteiger partial charge is 0.162 e. The molecule has 0 spiro atoms. The van der Waals surface area contributed by atoms with Crippen molar-refractivity contribution in [2.24, 2.45) is 0 Å². The fraction of sp³-hybridized carbons (Fsp3) is 0.176. The molecule has 4 rings (SSSR count). The van der Waals surface area contributed by atoms with Gasteiger partial charge in [-0.1, -0.05) is 29.8 Å². The molecule has 6 nitrogen and oxygen atoms in total. The van der Waals surface area contributed by atoms with Crippen LogP contribution in [0.2, 0.25) is 5.15 Å². The third kappa shape index (κ3) is 2.45. The van der Waals surface area contributed by atoms with Crippen molar-refractivity contribution in [2.75, 3.05) is 5.32 Å².